The normalized spacial score (nSPS) is 37.8. The lowest BCUT2D eigenvalue weighted by atomic mass is 10.3. The summed E-state index contributed by atoms with van der Waals surface area (Å²) in [6.07, 6.45) is -2.09. The van der Waals surface area contributed by atoms with Crippen molar-refractivity contribution in [1.29, 1.82) is 0 Å². The summed E-state index contributed by atoms with van der Waals surface area (Å²) in [5, 5.41) is 0. The molecule has 3 nitrogen and oxygen atoms in total. The van der Waals surface area contributed by atoms with E-state index in [0.29, 0.717) is 0 Å². The third-order valence-electron chi connectivity index (χ3n) is 1.16. The average molecular weight is 140 g/mol. The fraction of sp³-hybridized carbons (Fsp3) is 0.429. The Balaban J connectivity index is 2.51. The fourth-order valence-corrected chi connectivity index (χ4v) is 0.661. The highest BCUT2D eigenvalue weighted by atomic mass is 14.9. The maximum Gasteiger partial charge on any atom is 0.142 e. The minimum atomic E-state index is -2.26. The number of rotatable bonds is 1. The Morgan fingerprint density at radius 3 is 3.10 bits per heavy atom. The fourth-order valence-electron chi connectivity index (χ4n) is 0.661. The van der Waals surface area contributed by atoms with E-state index in [1.165, 1.54) is 12.4 Å². The van der Waals surface area contributed by atoms with Gasteiger partial charge in [0.05, 0.1) is 11.9 Å². The molecule has 0 bridgehead atoms. The van der Waals surface area contributed by atoms with Crippen molar-refractivity contribution in [2.45, 2.75) is 18.6 Å². The molecule has 52 valence electrons. The second-order valence-corrected chi connectivity index (χ2v) is 1.95. The number of hydrogen-bond donors (Lipinski definition) is 1. The molecule has 0 radical (unpaired) electrons. The van der Waals surface area contributed by atoms with Gasteiger partial charge in [0.25, 0.3) is 0 Å². The molecule has 0 atom stereocenters. The molecule has 3 heteroatoms. The standard InChI is InChI=1S/C7H9N3/c8-7-4-9-3-6(10-7)5-1-2-5/h3-5H,1-2H2,(H2,8,10)/i1D2,2D2,5D. The highest BCUT2D eigenvalue weighted by molar-refractivity contribution is 5.26. The maximum atomic E-state index is 7.78. The quantitative estimate of drug-likeness (QED) is 0.631. The smallest absolute Gasteiger partial charge is 0.142 e. The molecule has 0 spiro atoms. The van der Waals surface area contributed by atoms with E-state index in [0.717, 1.165) is 0 Å². The first-order chi connectivity index (χ1) is 6.75. The Hall–Kier alpha value is -1.12. The second-order valence-electron chi connectivity index (χ2n) is 1.95. The van der Waals surface area contributed by atoms with Crippen LogP contribution in [0.4, 0.5) is 5.82 Å². The first-order valence-corrected chi connectivity index (χ1v) is 2.83. The Morgan fingerprint density at radius 1 is 1.70 bits per heavy atom. The molecule has 2 rings (SSSR count). The predicted octanol–water partition coefficient (Wildman–Crippen LogP) is 0.936. The molecule has 1 aliphatic carbocycles. The lowest BCUT2D eigenvalue weighted by Crippen LogP contribution is -1.94. The van der Waals surface area contributed by atoms with Gasteiger partial charge in [-0.05, 0) is 12.7 Å². The van der Waals surface area contributed by atoms with Crippen LogP contribution in [0, 0.1) is 0 Å². The van der Waals surface area contributed by atoms with Crippen LogP contribution in [-0.4, -0.2) is 9.97 Å². The van der Waals surface area contributed by atoms with Crippen LogP contribution in [0.3, 0.4) is 0 Å². The van der Waals surface area contributed by atoms with Crippen molar-refractivity contribution in [3.05, 3.63) is 18.1 Å². The molecule has 0 aromatic carbocycles. The highest BCUT2D eigenvalue weighted by Gasteiger charge is 2.25. The van der Waals surface area contributed by atoms with Gasteiger partial charge in [-0.15, -0.1) is 0 Å². The third-order valence-corrected chi connectivity index (χ3v) is 1.16. The van der Waals surface area contributed by atoms with Crippen molar-refractivity contribution in [2.75, 3.05) is 5.73 Å². The zero-order chi connectivity index (χ0) is 11.5. The number of aromatic nitrogens is 2. The van der Waals surface area contributed by atoms with Gasteiger partial charge in [0.2, 0.25) is 0 Å². The number of nitrogen functional groups attached to an aromatic ring is 1. The van der Waals surface area contributed by atoms with Crippen LogP contribution in [0.2, 0.25) is 0 Å². The summed E-state index contributed by atoms with van der Waals surface area (Å²) in [6.45, 7) is 0. The van der Waals surface area contributed by atoms with Gasteiger partial charge in [0.1, 0.15) is 5.82 Å². The number of anilines is 1. The molecular formula is C7H9N3. The topological polar surface area (TPSA) is 51.8 Å². The van der Waals surface area contributed by atoms with E-state index in [1.807, 2.05) is 0 Å². The molecule has 1 aromatic heterocycles. The van der Waals surface area contributed by atoms with Crippen molar-refractivity contribution >= 4 is 5.82 Å². The van der Waals surface area contributed by atoms with Crippen molar-refractivity contribution in [2.24, 2.45) is 0 Å². The zero-order valence-electron chi connectivity index (χ0n) is 10.1. The number of nitrogens with two attached hydrogens (primary N) is 1. The first-order valence-electron chi connectivity index (χ1n) is 5.33. The monoisotopic (exact) mass is 140 g/mol. The van der Waals surface area contributed by atoms with Crippen LogP contribution < -0.4 is 5.73 Å². The predicted molar refractivity (Wildman–Crippen MR) is 38.4 cm³/mol. The lowest BCUT2D eigenvalue weighted by molar-refractivity contribution is 0.995. The van der Waals surface area contributed by atoms with E-state index in [9.17, 15) is 0 Å². The van der Waals surface area contributed by atoms with Crippen molar-refractivity contribution in [3.63, 3.8) is 0 Å². The molecule has 0 amide bonds. The molecule has 1 heterocycles. The van der Waals surface area contributed by atoms with Crippen LogP contribution in [0.1, 0.15) is 31.2 Å². The molecular weight excluding hydrogens is 126 g/mol. The lowest BCUT2D eigenvalue weighted by Gasteiger charge is -1.95. The average Bonchev–Trinajstić information content (AvgIpc) is 2.45. The summed E-state index contributed by atoms with van der Waals surface area (Å²) < 4.78 is 37.4. The van der Waals surface area contributed by atoms with Crippen LogP contribution in [0.15, 0.2) is 12.4 Å². The van der Waals surface area contributed by atoms with Gasteiger partial charge < -0.3 is 5.73 Å². The summed E-state index contributed by atoms with van der Waals surface area (Å²) in [4.78, 5) is 7.43. The largest absolute Gasteiger partial charge is 0.382 e. The van der Waals surface area contributed by atoms with E-state index >= 15 is 0 Å². The Labute approximate surface area is 66.3 Å². The minimum Gasteiger partial charge on any atom is -0.382 e. The number of hydrogen-bond acceptors (Lipinski definition) is 3. The van der Waals surface area contributed by atoms with Crippen LogP contribution in [0.25, 0.3) is 0 Å². The summed E-state index contributed by atoms with van der Waals surface area (Å²) >= 11 is 0. The molecule has 0 aliphatic heterocycles. The zero-order valence-corrected chi connectivity index (χ0v) is 5.13. The molecule has 0 saturated heterocycles. The second kappa shape index (κ2) is 1.94. The van der Waals surface area contributed by atoms with E-state index in [2.05, 4.69) is 9.97 Å². The van der Waals surface area contributed by atoms with E-state index in [1.54, 1.807) is 0 Å². The summed E-state index contributed by atoms with van der Waals surface area (Å²) in [5.41, 5.74) is 5.29. The Kier molecular flexibility index (Phi) is 0.482. The molecule has 1 aromatic rings. The van der Waals surface area contributed by atoms with Gasteiger partial charge in [-0.1, -0.05) is 0 Å². The molecule has 0 unspecified atom stereocenters. The van der Waals surface area contributed by atoms with Gasteiger partial charge in [0, 0.05) is 18.9 Å². The van der Waals surface area contributed by atoms with E-state index in [-0.39, 0.29) is 11.5 Å². The van der Waals surface area contributed by atoms with Gasteiger partial charge in [-0.25, -0.2) is 4.98 Å². The maximum absolute atomic E-state index is 7.78. The number of nitrogens with zero attached hydrogens (tertiary/aromatic N) is 2. The van der Waals surface area contributed by atoms with Crippen LogP contribution in [0.5, 0.6) is 0 Å². The van der Waals surface area contributed by atoms with Crippen LogP contribution in [-0.2, 0) is 0 Å². The van der Waals surface area contributed by atoms with Gasteiger partial charge in [-0.3, -0.25) is 4.98 Å². The van der Waals surface area contributed by atoms with Crippen molar-refractivity contribution in [3.8, 4) is 0 Å². The van der Waals surface area contributed by atoms with Crippen molar-refractivity contribution in [1.82, 2.24) is 9.97 Å². The van der Waals surface area contributed by atoms with E-state index < -0.39 is 18.6 Å². The Bertz CT molecular complexity index is 405. The molecule has 1 fully saturated rings. The molecule has 1 aliphatic rings. The molecule has 2 N–H and O–H groups in total. The van der Waals surface area contributed by atoms with Gasteiger partial charge >= 0.3 is 0 Å². The molecule has 1 saturated carbocycles. The van der Waals surface area contributed by atoms with E-state index in [4.69, 9.17) is 12.6 Å². The van der Waals surface area contributed by atoms with Gasteiger partial charge in [0.15, 0.2) is 0 Å². The summed E-state index contributed by atoms with van der Waals surface area (Å²) in [7, 11) is 0. The van der Waals surface area contributed by atoms with Crippen molar-refractivity contribution < 1.29 is 6.85 Å². The third kappa shape index (κ3) is 0.943. The first kappa shape index (κ1) is 2.49. The highest BCUT2D eigenvalue weighted by Crippen LogP contribution is 2.38. The molecule has 10 heavy (non-hydrogen) atoms. The summed E-state index contributed by atoms with van der Waals surface area (Å²) in [5.74, 6) is -1.96. The summed E-state index contributed by atoms with van der Waals surface area (Å²) in [6, 6.07) is 0. The van der Waals surface area contributed by atoms with Crippen LogP contribution >= 0.6 is 0 Å². The minimum absolute atomic E-state index is 0.0534. The SMILES string of the molecule is [2H]C1([2H])C([2H])([2H])C1([2H])c1cncc(N)n1. The van der Waals surface area contributed by atoms with Gasteiger partial charge in [-0.2, -0.15) is 0 Å². The Morgan fingerprint density at radius 2 is 2.50 bits per heavy atom.